The Morgan fingerprint density at radius 3 is 2.50 bits per heavy atom. The number of carbonyl (C=O) groups excluding carboxylic acids is 1. The maximum absolute atomic E-state index is 11.3. The van der Waals surface area contributed by atoms with Crippen molar-refractivity contribution >= 4 is 5.91 Å². The van der Waals surface area contributed by atoms with Gasteiger partial charge in [0.25, 0.3) is 0 Å². The van der Waals surface area contributed by atoms with Crippen LogP contribution in [0, 0.1) is 5.92 Å². The van der Waals surface area contributed by atoms with Gasteiger partial charge < -0.3 is 16.2 Å². The molecule has 0 saturated heterocycles. The molecule has 0 aromatic heterocycles. The molecule has 0 bridgehead atoms. The molecular formula is C10H22N2O2. The van der Waals surface area contributed by atoms with Gasteiger partial charge in [0.2, 0.25) is 5.91 Å². The lowest BCUT2D eigenvalue weighted by atomic mass is 10.0. The van der Waals surface area contributed by atoms with E-state index in [2.05, 4.69) is 5.32 Å². The Labute approximate surface area is 85.9 Å². The molecule has 0 fully saturated rings. The van der Waals surface area contributed by atoms with Gasteiger partial charge in [-0.05, 0) is 12.3 Å². The van der Waals surface area contributed by atoms with Crippen molar-refractivity contribution in [2.24, 2.45) is 11.7 Å². The molecule has 0 aliphatic carbocycles. The fraction of sp³-hybridized carbons (Fsp3) is 0.900. The summed E-state index contributed by atoms with van der Waals surface area (Å²) in [6.45, 7) is 6.08. The summed E-state index contributed by atoms with van der Waals surface area (Å²) in [7, 11) is 0. The highest BCUT2D eigenvalue weighted by atomic mass is 16.3. The number of nitrogens with one attached hydrogen (secondary N) is 1. The third-order valence-electron chi connectivity index (χ3n) is 2.15. The summed E-state index contributed by atoms with van der Waals surface area (Å²) in [5.41, 5.74) is 5.63. The van der Waals surface area contributed by atoms with Gasteiger partial charge in [-0.15, -0.1) is 0 Å². The van der Waals surface area contributed by atoms with Crippen LogP contribution in [0.3, 0.4) is 0 Å². The SMILES string of the molecule is CCCC(O)CNC(=O)C(N)C(C)C. The Bertz CT molecular complexity index is 172. The molecule has 0 aliphatic heterocycles. The van der Waals surface area contributed by atoms with E-state index in [1.807, 2.05) is 20.8 Å². The summed E-state index contributed by atoms with van der Waals surface area (Å²) in [5.74, 6) is -0.0616. The van der Waals surface area contributed by atoms with E-state index in [0.29, 0.717) is 13.0 Å². The molecule has 2 unspecified atom stereocenters. The average molecular weight is 202 g/mol. The van der Waals surface area contributed by atoms with Crippen LogP contribution in [0.25, 0.3) is 0 Å². The van der Waals surface area contributed by atoms with Crippen LogP contribution in [0.15, 0.2) is 0 Å². The predicted molar refractivity (Wildman–Crippen MR) is 56.7 cm³/mol. The van der Waals surface area contributed by atoms with E-state index < -0.39 is 12.1 Å². The Morgan fingerprint density at radius 1 is 1.50 bits per heavy atom. The first-order chi connectivity index (χ1) is 6.49. The molecule has 0 aromatic rings. The van der Waals surface area contributed by atoms with Gasteiger partial charge in [-0.25, -0.2) is 0 Å². The van der Waals surface area contributed by atoms with Crippen molar-refractivity contribution in [1.29, 1.82) is 0 Å². The molecule has 0 saturated carbocycles. The van der Waals surface area contributed by atoms with Gasteiger partial charge in [-0.2, -0.15) is 0 Å². The van der Waals surface area contributed by atoms with Gasteiger partial charge in [0, 0.05) is 6.54 Å². The molecule has 2 atom stereocenters. The largest absolute Gasteiger partial charge is 0.391 e. The van der Waals surface area contributed by atoms with Gasteiger partial charge in [-0.3, -0.25) is 4.79 Å². The van der Waals surface area contributed by atoms with Crippen LogP contribution < -0.4 is 11.1 Å². The van der Waals surface area contributed by atoms with Gasteiger partial charge in [0.1, 0.15) is 0 Å². The number of hydrogen-bond donors (Lipinski definition) is 3. The number of aliphatic hydroxyl groups is 1. The lowest BCUT2D eigenvalue weighted by Crippen LogP contribution is -2.46. The molecule has 0 rings (SSSR count). The molecule has 4 N–H and O–H groups in total. The molecule has 84 valence electrons. The van der Waals surface area contributed by atoms with E-state index in [1.165, 1.54) is 0 Å². The van der Waals surface area contributed by atoms with Crippen LogP contribution in [0.2, 0.25) is 0 Å². The van der Waals surface area contributed by atoms with Crippen LogP contribution in [0.5, 0.6) is 0 Å². The fourth-order valence-corrected chi connectivity index (χ4v) is 1.07. The second-order valence-corrected chi connectivity index (χ2v) is 3.96. The zero-order chi connectivity index (χ0) is 11.1. The number of rotatable bonds is 6. The highest BCUT2D eigenvalue weighted by Gasteiger charge is 2.17. The number of amides is 1. The van der Waals surface area contributed by atoms with Crippen molar-refractivity contribution in [2.75, 3.05) is 6.54 Å². The van der Waals surface area contributed by atoms with Crippen LogP contribution in [0.4, 0.5) is 0 Å². The quantitative estimate of drug-likeness (QED) is 0.578. The molecule has 4 heteroatoms. The summed E-state index contributed by atoms with van der Waals surface area (Å²) in [5, 5.41) is 12.0. The van der Waals surface area contributed by atoms with E-state index >= 15 is 0 Å². The smallest absolute Gasteiger partial charge is 0.237 e. The molecule has 0 aromatic carbocycles. The first-order valence-electron chi connectivity index (χ1n) is 5.20. The van der Waals surface area contributed by atoms with Crippen molar-refractivity contribution in [1.82, 2.24) is 5.32 Å². The zero-order valence-corrected chi connectivity index (χ0v) is 9.29. The summed E-state index contributed by atoms with van der Waals surface area (Å²) in [4.78, 5) is 11.3. The summed E-state index contributed by atoms with van der Waals surface area (Å²) < 4.78 is 0. The highest BCUT2D eigenvalue weighted by molar-refractivity contribution is 5.81. The standard InChI is InChI=1S/C10H22N2O2/c1-4-5-8(13)6-12-10(14)9(11)7(2)3/h7-9,13H,4-6,11H2,1-3H3,(H,12,14). The first-order valence-corrected chi connectivity index (χ1v) is 5.20. The van der Waals surface area contributed by atoms with Gasteiger partial charge in [-0.1, -0.05) is 27.2 Å². The van der Waals surface area contributed by atoms with E-state index in [4.69, 9.17) is 5.73 Å². The second-order valence-electron chi connectivity index (χ2n) is 3.96. The van der Waals surface area contributed by atoms with E-state index in [1.54, 1.807) is 0 Å². The van der Waals surface area contributed by atoms with Gasteiger partial charge in [0.15, 0.2) is 0 Å². The third kappa shape index (κ3) is 5.19. The van der Waals surface area contributed by atoms with Crippen LogP contribution in [-0.4, -0.2) is 29.7 Å². The molecule has 4 nitrogen and oxygen atoms in total. The topological polar surface area (TPSA) is 75.3 Å². The van der Waals surface area contributed by atoms with E-state index in [-0.39, 0.29) is 11.8 Å². The second kappa shape index (κ2) is 6.79. The molecule has 0 radical (unpaired) electrons. The van der Waals surface area contributed by atoms with E-state index in [0.717, 1.165) is 6.42 Å². The lowest BCUT2D eigenvalue weighted by Gasteiger charge is -2.17. The number of hydrogen-bond acceptors (Lipinski definition) is 3. The number of carbonyl (C=O) groups is 1. The Balaban J connectivity index is 3.73. The maximum atomic E-state index is 11.3. The zero-order valence-electron chi connectivity index (χ0n) is 9.29. The number of aliphatic hydroxyl groups excluding tert-OH is 1. The Kier molecular flexibility index (Phi) is 6.49. The average Bonchev–Trinajstić information content (AvgIpc) is 2.13. The minimum atomic E-state index is -0.483. The van der Waals surface area contributed by atoms with Crippen LogP contribution in [-0.2, 0) is 4.79 Å². The van der Waals surface area contributed by atoms with Crippen molar-refractivity contribution in [3.8, 4) is 0 Å². The fourth-order valence-electron chi connectivity index (χ4n) is 1.07. The molecule has 0 heterocycles. The summed E-state index contributed by atoms with van der Waals surface area (Å²) in [6, 6.07) is -0.483. The van der Waals surface area contributed by atoms with Gasteiger partial charge >= 0.3 is 0 Å². The summed E-state index contributed by atoms with van der Waals surface area (Å²) >= 11 is 0. The molecular weight excluding hydrogens is 180 g/mol. The highest BCUT2D eigenvalue weighted by Crippen LogP contribution is 1.98. The van der Waals surface area contributed by atoms with Crippen molar-refractivity contribution in [2.45, 2.75) is 45.8 Å². The predicted octanol–water partition coefficient (Wildman–Crippen LogP) is 0.247. The van der Waals surface area contributed by atoms with Crippen LogP contribution in [0.1, 0.15) is 33.6 Å². The minimum absolute atomic E-state index is 0.123. The molecule has 1 amide bonds. The minimum Gasteiger partial charge on any atom is -0.391 e. The normalized spacial score (nSPS) is 15.3. The third-order valence-corrected chi connectivity index (χ3v) is 2.15. The van der Waals surface area contributed by atoms with Crippen molar-refractivity contribution in [3.05, 3.63) is 0 Å². The lowest BCUT2D eigenvalue weighted by molar-refractivity contribution is -0.123. The molecule has 14 heavy (non-hydrogen) atoms. The Morgan fingerprint density at radius 2 is 2.07 bits per heavy atom. The van der Waals surface area contributed by atoms with Gasteiger partial charge in [0.05, 0.1) is 12.1 Å². The monoisotopic (exact) mass is 202 g/mol. The maximum Gasteiger partial charge on any atom is 0.237 e. The van der Waals surface area contributed by atoms with Crippen molar-refractivity contribution in [3.63, 3.8) is 0 Å². The van der Waals surface area contributed by atoms with Crippen molar-refractivity contribution < 1.29 is 9.90 Å². The van der Waals surface area contributed by atoms with Crippen LogP contribution >= 0.6 is 0 Å². The molecule has 0 spiro atoms. The number of nitrogens with two attached hydrogens (primary N) is 1. The summed E-state index contributed by atoms with van der Waals surface area (Å²) in [6.07, 6.45) is 1.16. The molecule has 0 aliphatic rings. The Hall–Kier alpha value is -0.610. The van der Waals surface area contributed by atoms with E-state index in [9.17, 15) is 9.90 Å². The first kappa shape index (κ1) is 13.4.